The van der Waals surface area contributed by atoms with Crippen LogP contribution in [0.5, 0.6) is 0 Å². The van der Waals surface area contributed by atoms with E-state index in [2.05, 4.69) is 15.3 Å². The zero-order valence-electron chi connectivity index (χ0n) is 14.8. The number of carboxylic acid groups (broad SMARTS) is 1. The fraction of sp³-hybridized carbons (Fsp3) is 0.706. The van der Waals surface area contributed by atoms with Crippen LogP contribution in [0.1, 0.15) is 51.4 Å². The molecule has 1 saturated heterocycles. The van der Waals surface area contributed by atoms with E-state index in [0.717, 1.165) is 25.7 Å². The molecule has 1 saturated carbocycles. The monoisotopic (exact) mass is 363 g/mol. The molecule has 26 heavy (non-hydrogen) atoms. The molecule has 1 aliphatic heterocycles. The molecule has 2 N–H and O–H groups in total. The number of aromatic nitrogens is 2. The lowest BCUT2D eigenvalue weighted by molar-refractivity contribution is -0.383. The Morgan fingerprint density at radius 1 is 1.15 bits per heavy atom. The maximum atomic E-state index is 11.7. The van der Waals surface area contributed by atoms with Gasteiger partial charge in [-0.2, -0.15) is 0 Å². The van der Waals surface area contributed by atoms with Crippen molar-refractivity contribution in [2.45, 2.75) is 57.4 Å². The van der Waals surface area contributed by atoms with E-state index in [1.54, 1.807) is 4.90 Å². The lowest BCUT2D eigenvalue weighted by Crippen LogP contribution is -2.37. The molecule has 1 aromatic heterocycles. The van der Waals surface area contributed by atoms with Gasteiger partial charge in [0.15, 0.2) is 0 Å². The number of aliphatic carboxylic acids is 1. The van der Waals surface area contributed by atoms with Crippen LogP contribution in [0.3, 0.4) is 0 Å². The molecule has 9 heteroatoms. The highest BCUT2D eigenvalue weighted by Gasteiger charge is 2.32. The second-order valence-electron chi connectivity index (χ2n) is 7.08. The Balaban J connectivity index is 1.80. The number of nitrogens with one attached hydrogen (secondary N) is 1. The number of carbonyl (C=O) groups is 1. The van der Waals surface area contributed by atoms with Crippen molar-refractivity contribution >= 4 is 23.3 Å². The van der Waals surface area contributed by atoms with Crippen molar-refractivity contribution in [3.05, 3.63) is 16.4 Å². The average molecular weight is 363 g/mol. The second kappa shape index (κ2) is 8.29. The highest BCUT2D eigenvalue weighted by Crippen LogP contribution is 2.35. The Hall–Kier alpha value is -2.45. The molecule has 0 radical (unpaired) electrons. The van der Waals surface area contributed by atoms with Crippen molar-refractivity contribution in [3.8, 4) is 0 Å². The van der Waals surface area contributed by atoms with Crippen LogP contribution in [0, 0.1) is 16.0 Å². The molecular formula is C17H25N5O4. The van der Waals surface area contributed by atoms with Gasteiger partial charge >= 0.3 is 11.7 Å². The van der Waals surface area contributed by atoms with E-state index < -0.39 is 16.8 Å². The van der Waals surface area contributed by atoms with Gasteiger partial charge in [-0.25, -0.2) is 9.97 Å². The minimum absolute atomic E-state index is 0.106. The zero-order valence-corrected chi connectivity index (χ0v) is 14.8. The van der Waals surface area contributed by atoms with Gasteiger partial charge in [-0.3, -0.25) is 14.9 Å². The summed E-state index contributed by atoms with van der Waals surface area (Å²) in [7, 11) is 0. The van der Waals surface area contributed by atoms with Crippen LogP contribution < -0.4 is 10.2 Å². The number of hydrogen-bond acceptors (Lipinski definition) is 7. The predicted molar refractivity (Wildman–Crippen MR) is 96.4 cm³/mol. The molecule has 0 spiro atoms. The van der Waals surface area contributed by atoms with Crippen LogP contribution in [0.15, 0.2) is 6.33 Å². The summed E-state index contributed by atoms with van der Waals surface area (Å²) in [5.41, 5.74) is -0.106. The Labute approximate surface area is 152 Å². The van der Waals surface area contributed by atoms with Crippen molar-refractivity contribution < 1.29 is 14.8 Å². The molecule has 2 aliphatic rings. The first-order valence-electron chi connectivity index (χ1n) is 9.30. The first kappa shape index (κ1) is 18.3. The largest absolute Gasteiger partial charge is 0.481 e. The number of carboxylic acids is 1. The molecule has 142 valence electrons. The van der Waals surface area contributed by atoms with Gasteiger partial charge in [0.25, 0.3) is 0 Å². The van der Waals surface area contributed by atoms with Crippen molar-refractivity contribution in [2.75, 3.05) is 23.3 Å². The lowest BCUT2D eigenvalue weighted by Gasteiger charge is -2.30. The molecule has 0 bridgehead atoms. The van der Waals surface area contributed by atoms with E-state index in [0.29, 0.717) is 25.9 Å². The molecule has 1 aliphatic carbocycles. The van der Waals surface area contributed by atoms with Crippen LogP contribution in [-0.2, 0) is 4.79 Å². The SMILES string of the molecule is O=C(O)C1CCN(c2ncnc(NC3CCCCCC3)c2[N+](=O)[O-])CC1. The number of rotatable bonds is 5. The maximum Gasteiger partial charge on any atom is 0.353 e. The Kier molecular flexibility index (Phi) is 5.85. The van der Waals surface area contributed by atoms with E-state index in [9.17, 15) is 14.9 Å². The summed E-state index contributed by atoms with van der Waals surface area (Å²) < 4.78 is 0. The van der Waals surface area contributed by atoms with Crippen molar-refractivity contribution in [3.63, 3.8) is 0 Å². The summed E-state index contributed by atoms with van der Waals surface area (Å²) in [6, 6.07) is 0.191. The van der Waals surface area contributed by atoms with Gasteiger partial charge in [0.05, 0.1) is 10.8 Å². The fourth-order valence-corrected chi connectivity index (χ4v) is 3.83. The van der Waals surface area contributed by atoms with Crippen LogP contribution in [0.2, 0.25) is 0 Å². The maximum absolute atomic E-state index is 11.7. The van der Waals surface area contributed by atoms with Gasteiger partial charge in [0.1, 0.15) is 6.33 Å². The molecular weight excluding hydrogens is 338 g/mol. The highest BCUT2D eigenvalue weighted by atomic mass is 16.6. The van der Waals surface area contributed by atoms with E-state index >= 15 is 0 Å². The van der Waals surface area contributed by atoms with Crippen molar-refractivity contribution in [2.24, 2.45) is 5.92 Å². The smallest absolute Gasteiger partial charge is 0.353 e. The Morgan fingerprint density at radius 3 is 2.38 bits per heavy atom. The fourth-order valence-electron chi connectivity index (χ4n) is 3.83. The molecule has 3 rings (SSSR count). The topological polar surface area (TPSA) is 121 Å². The number of nitrogens with zero attached hydrogens (tertiary/aromatic N) is 4. The molecule has 2 fully saturated rings. The van der Waals surface area contributed by atoms with E-state index in [-0.39, 0.29) is 23.4 Å². The minimum Gasteiger partial charge on any atom is -0.481 e. The second-order valence-corrected chi connectivity index (χ2v) is 7.08. The van der Waals surface area contributed by atoms with Crippen molar-refractivity contribution in [1.82, 2.24) is 9.97 Å². The standard InChI is InChI=1S/C17H25N5O4/c23-17(24)12-7-9-21(10-8-12)16-14(22(25)26)15(18-11-19-16)20-13-5-3-1-2-4-6-13/h11-13H,1-10H2,(H,23,24)(H,18,19,20). The van der Waals surface area contributed by atoms with Gasteiger partial charge in [-0.05, 0) is 25.7 Å². The lowest BCUT2D eigenvalue weighted by atomic mass is 9.97. The summed E-state index contributed by atoms with van der Waals surface area (Å²) >= 11 is 0. The number of anilines is 2. The molecule has 0 atom stereocenters. The number of piperidine rings is 1. The van der Waals surface area contributed by atoms with E-state index in [1.165, 1.54) is 19.2 Å². The van der Waals surface area contributed by atoms with E-state index in [4.69, 9.17) is 5.11 Å². The normalized spacial score (nSPS) is 19.8. The summed E-state index contributed by atoms with van der Waals surface area (Å²) in [6.45, 7) is 0.884. The zero-order chi connectivity index (χ0) is 18.5. The van der Waals surface area contributed by atoms with Gasteiger partial charge in [-0.1, -0.05) is 25.7 Å². The first-order valence-corrected chi connectivity index (χ1v) is 9.30. The van der Waals surface area contributed by atoms with Crippen LogP contribution in [0.4, 0.5) is 17.3 Å². The Morgan fingerprint density at radius 2 is 1.81 bits per heavy atom. The van der Waals surface area contributed by atoms with Crippen LogP contribution in [0.25, 0.3) is 0 Å². The molecule has 0 unspecified atom stereocenters. The van der Waals surface area contributed by atoms with Gasteiger partial charge in [0, 0.05) is 19.1 Å². The van der Waals surface area contributed by atoms with Gasteiger partial charge in [0.2, 0.25) is 11.6 Å². The summed E-state index contributed by atoms with van der Waals surface area (Å²) in [6.07, 6.45) is 8.88. The third-order valence-electron chi connectivity index (χ3n) is 5.33. The summed E-state index contributed by atoms with van der Waals surface area (Å²) in [4.78, 5) is 32.5. The highest BCUT2D eigenvalue weighted by molar-refractivity contribution is 5.72. The molecule has 9 nitrogen and oxygen atoms in total. The van der Waals surface area contributed by atoms with Crippen molar-refractivity contribution in [1.29, 1.82) is 0 Å². The van der Waals surface area contributed by atoms with E-state index in [1.807, 2.05) is 0 Å². The number of hydrogen-bond donors (Lipinski definition) is 2. The summed E-state index contributed by atoms with van der Waals surface area (Å²) in [5.74, 6) is -0.648. The summed E-state index contributed by atoms with van der Waals surface area (Å²) in [5, 5.41) is 24.1. The average Bonchev–Trinajstić information content (AvgIpc) is 2.90. The van der Waals surface area contributed by atoms with Crippen LogP contribution in [-0.4, -0.2) is 45.1 Å². The molecule has 1 aromatic rings. The molecule has 0 amide bonds. The Bertz CT molecular complexity index is 653. The minimum atomic E-state index is -0.808. The quantitative estimate of drug-likeness (QED) is 0.465. The third kappa shape index (κ3) is 4.20. The third-order valence-corrected chi connectivity index (χ3v) is 5.33. The first-order chi connectivity index (χ1) is 12.6. The van der Waals surface area contributed by atoms with Gasteiger partial charge in [-0.15, -0.1) is 0 Å². The molecule has 2 heterocycles. The number of nitro groups is 1. The van der Waals surface area contributed by atoms with Gasteiger partial charge < -0.3 is 15.3 Å². The molecule has 0 aromatic carbocycles. The predicted octanol–water partition coefficient (Wildman–Crippen LogP) is 2.82. The van der Waals surface area contributed by atoms with Crippen LogP contribution >= 0.6 is 0 Å².